The van der Waals surface area contributed by atoms with Gasteiger partial charge in [0.05, 0.1) is 6.61 Å². The van der Waals surface area contributed by atoms with E-state index in [1.807, 2.05) is 24.3 Å². The van der Waals surface area contributed by atoms with Crippen molar-refractivity contribution in [3.63, 3.8) is 0 Å². The Kier molecular flexibility index (Phi) is 6.07. The number of ether oxygens (including phenoxy) is 1. The maximum Gasteiger partial charge on any atom is 0.319 e. The van der Waals surface area contributed by atoms with Crippen LogP contribution in [-0.4, -0.2) is 32.8 Å². The highest BCUT2D eigenvalue weighted by molar-refractivity contribution is 5.89. The van der Waals surface area contributed by atoms with Crippen molar-refractivity contribution in [2.45, 2.75) is 13.0 Å². The Bertz CT molecular complexity index is 719. The highest BCUT2D eigenvalue weighted by Gasteiger charge is 2.23. The summed E-state index contributed by atoms with van der Waals surface area (Å²) in [5, 5.41) is 5.77. The number of anilines is 2. The molecule has 0 radical (unpaired) electrons. The topological polar surface area (TPSA) is 53.6 Å². The zero-order valence-corrected chi connectivity index (χ0v) is 14.9. The van der Waals surface area contributed by atoms with Crippen LogP contribution in [0.5, 0.6) is 0 Å². The van der Waals surface area contributed by atoms with E-state index in [0.717, 1.165) is 36.4 Å². The molecule has 138 valence electrons. The van der Waals surface area contributed by atoms with Crippen molar-refractivity contribution in [1.29, 1.82) is 0 Å². The van der Waals surface area contributed by atoms with E-state index in [0.29, 0.717) is 19.1 Å². The molecule has 2 N–H and O–H groups in total. The van der Waals surface area contributed by atoms with Gasteiger partial charge in [0, 0.05) is 38.1 Å². The minimum Gasteiger partial charge on any atom is -0.380 e. The minimum absolute atomic E-state index is 0.204. The third-order valence-corrected chi connectivity index (χ3v) is 4.55. The molecule has 0 bridgehead atoms. The molecule has 3 rings (SSSR count). The Morgan fingerprint density at radius 1 is 1.19 bits per heavy atom. The van der Waals surface area contributed by atoms with Gasteiger partial charge in [0.25, 0.3) is 0 Å². The molecule has 2 aromatic rings. The molecular formula is C20H24FN3O2. The van der Waals surface area contributed by atoms with Gasteiger partial charge in [-0.05, 0) is 54.3 Å². The van der Waals surface area contributed by atoms with Gasteiger partial charge in [-0.2, -0.15) is 0 Å². The summed E-state index contributed by atoms with van der Waals surface area (Å²) < 4.78 is 18.1. The summed E-state index contributed by atoms with van der Waals surface area (Å²) in [6, 6.07) is 13.9. The van der Waals surface area contributed by atoms with Crippen molar-refractivity contribution in [3.05, 3.63) is 59.9 Å². The molecule has 1 aliphatic heterocycles. The molecule has 5 nitrogen and oxygen atoms in total. The van der Waals surface area contributed by atoms with Crippen LogP contribution in [-0.2, 0) is 11.3 Å². The maximum atomic E-state index is 13.0. The number of methoxy groups -OCH3 is 1. The molecule has 1 atom stereocenters. The van der Waals surface area contributed by atoms with Crippen molar-refractivity contribution in [2.75, 3.05) is 37.0 Å². The molecule has 1 heterocycles. The van der Waals surface area contributed by atoms with Gasteiger partial charge in [-0.1, -0.05) is 12.1 Å². The first-order valence-corrected chi connectivity index (χ1v) is 8.77. The Morgan fingerprint density at radius 3 is 2.62 bits per heavy atom. The number of nitrogens with zero attached hydrogens (tertiary/aromatic N) is 1. The summed E-state index contributed by atoms with van der Waals surface area (Å²) in [5.41, 5.74) is 2.83. The SMILES string of the molecule is COCc1ccc(NC(=O)NC[C@@H]2CCN(c3ccc(F)cc3)C2)cc1. The molecule has 26 heavy (non-hydrogen) atoms. The number of amides is 2. The van der Waals surface area contributed by atoms with E-state index >= 15 is 0 Å². The number of rotatable bonds is 6. The van der Waals surface area contributed by atoms with Crippen LogP contribution in [0.15, 0.2) is 48.5 Å². The predicted octanol–water partition coefficient (Wildman–Crippen LogP) is 3.62. The average molecular weight is 357 g/mol. The number of nitrogens with one attached hydrogen (secondary N) is 2. The van der Waals surface area contributed by atoms with Crippen LogP contribution >= 0.6 is 0 Å². The zero-order chi connectivity index (χ0) is 18.4. The Labute approximate surface area is 153 Å². The first-order chi connectivity index (χ1) is 12.6. The van der Waals surface area contributed by atoms with Crippen LogP contribution < -0.4 is 15.5 Å². The second-order valence-corrected chi connectivity index (χ2v) is 6.54. The van der Waals surface area contributed by atoms with Crippen molar-refractivity contribution in [3.8, 4) is 0 Å². The second kappa shape index (κ2) is 8.67. The number of benzene rings is 2. The summed E-state index contributed by atoms with van der Waals surface area (Å²) in [7, 11) is 1.65. The zero-order valence-electron chi connectivity index (χ0n) is 14.9. The van der Waals surface area contributed by atoms with Crippen LogP contribution in [0.4, 0.5) is 20.6 Å². The number of hydrogen-bond donors (Lipinski definition) is 2. The number of carbonyl (C=O) groups is 1. The average Bonchev–Trinajstić information content (AvgIpc) is 3.11. The lowest BCUT2D eigenvalue weighted by molar-refractivity contribution is 0.185. The lowest BCUT2D eigenvalue weighted by atomic mass is 10.1. The quantitative estimate of drug-likeness (QED) is 0.830. The summed E-state index contributed by atoms with van der Waals surface area (Å²) in [5.74, 6) is 0.160. The molecule has 0 saturated carbocycles. The minimum atomic E-state index is -0.224. The van der Waals surface area contributed by atoms with Crippen molar-refractivity contribution in [1.82, 2.24) is 5.32 Å². The first kappa shape index (κ1) is 18.2. The van der Waals surface area contributed by atoms with Gasteiger partial charge in [0.15, 0.2) is 0 Å². The van der Waals surface area contributed by atoms with E-state index in [9.17, 15) is 9.18 Å². The number of halogens is 1. The molecule has 2 aromatic carbocycles. The van der Waals surface area contributed by atoms with E-state index in [1.165, 1.54) is 12.1 Å². The predicted molar refractivity (Wildman–Crippen MR) is 101 cm³/mol. The molecule has 6 heteroatoms. The standard InChI is InChI=1S/C20H24FN3O2/c1-26-14-15-2-6-18(7-3-15)23-20(25)22-12-16-10-11-24(13-16)19-8-4-17(21)5-9-19/h2-9,16H,10-14H2,1H3,(H2,22,23,25)/t16-/m0/s1. The fraction of sp³-hybridized carbons (Fsp3) is 0.350. The van der Waals surface area contributed by atoms with Crippen molar-refractivity contribution in [2.24, 2.45) is 5.92 Å². The molecule has 0 spiro atoms. The van der Waals surface area contributed by atoms with E-state index in [-0.39, 0.29) is 11.8 Å². The smallest absolute Gasteiger partial charge is 0.319 e. The molecule has 0 aromatic heterocycles. The number of urea groups is 1. The third-order valence-electron chi connectivity index (χ3n) is 4.55. The molecule has 0 aliphatic carbocycles. The van der Waals surface area contributed by atoms with Gasteiger partial charge >= 0.3 is 6.03 Å². The van der Waals surface area contributed by atoms with Gasteiger partial charge in [0.2, 0.25) is 0 Å². The maximum absolute atomic E-state index is 13.0. The first-order valence-electron chi connectivity index (χ1n) is 8.77. The number of hydrogen-bond acceptors (Lipinski definition) is 3. The second-order valence-electron chi connectivity index (χ2n) is 6.54. The van der Waals surface area contributed by atoms with E-state index in [2.05, 4.69) is 15.5 Å². The summed E-state index contributed by atoms with van der Waals surface area (Å²) in [6.45, 7) is 2.95. The Balaban J connectivity index is 1.42. The molecule has 1 aliphatic rings. The van der Waals surface area contributed by atoms with Gasteiger partial charge < -0.3 is 20.3 Å². The van der Waals surface area contributed by atoms with Crippen LogP contribution in [0.1, 0.15) is 12.0 Å². The lowest BCUT2D eigenvalue weighted by Crippen LogP contribution is -2.34. The third kappa shape index (κ3) is 4.95. The monoisotopic (exact) mass is 357 g/mol. The fourth-order valence-corrected chi connectivity index (χ4v) is 3.15. The van der Waals surface area contributed by atoms with Gasteiger partial charge in [0.1, 0.15) is 5.82 Å². The summed E-state index contributed by atoms with van der Waals surface area (Å²) in [6.07, 6.45) is 1.00. The van der Waals surface area contributed by atoms with Crippen molar-refractivity contribution >= 4 is 17.4 Å². The molecular weight excluding hydrogens is 333 g/mol. The van der Waals surface area contributed by atoms with Crippen molar-refractivity contribution < 1.29 is 13.9 Å². The number of carbonyl (C=O) groups excluding carboxylic acids is 1. The van der Waals surface area contributed by atoms with Gasteiger partial charge in [-0.3, -0.25) is 0 Å². The normalized spacial score (nSPS) is 16.5. The summed E-state index contributed by atoms with van der Waals surface area (Å²) in [4.78, 5) is 14.3. The Morgan fingerprint density at radius 2 is 1.92 bits per heavy atom. The van der Waals surface area contributed by atoms with Crippen LogP contribution in [0, 0.1) is 11.7 Å². The highest BCUT2D eigenvalue weighted by Crippen LogP contribution is 2.23. The van der Waals surface area contributed by atoms with Crippen LogP contribution in [0.2, 0.25) is 0 Å². The molecule has 1 saturated heterocycles. The van der Waals surface area contributed by atoms with Crippen LogP contribution in [0.3, 0.4) is 0 Å². The van der Waals surface area contributed by atoms with E-state index in [1.54, 1.807) is 19.2 Å². The Hall–Kier alpha value is -2.60. The highest BCUT2D eigenvalue weighted by atomic mass is 19.1. The van der Waals surface area contributed by atoms with Crippen LogP contribution in [0.25, 0.3) is 0 Å². The van der Waals surface area contributed by atoms with E-state index < -0.39 is 0 Å². The summed E-state index contributed by atoms with van der Waals surface area (Å²) >= 11 is 0. The molecule has 1 fully saturated rings. The van der Waals surface area contributed by atoms with E-state index in [4.69, 9.17) is 4.74 Å². The largest absolute Gasteiger partial charge is 0.380 e. The van der Waals surface area contributed by atoms with Gasteiger partial charge in [-0.25, -0.2) is 9.18 Å². The molecule has 2 amide bonds. The lowest BCUT2D eigenvalue weighted by Gasteiger charge is -2.19. The van der Waals surface area contributed by atoms with Gasteiger partial charge in [-0.15, -0.1) is 0 Å². The fourth-order valence-electron chi connectivity index (χ4n) is 3.15. The molecule has 0 unspecified atom stereocenters.